The largest absolute Gasteiger partial charge is 0.481 e. The Morgan fingerprint density at radius 2 is 2.18 bits per heavy atom. The average molecular weight is 159 g/mol. The van der Waals surface area contributed by atoms with E-state index in [1.54, 1.807) is 0 Å². The Morgan fingerprint density at radius 3 is 2.73 bits per heavy atom. The molecule has 1 N–H and O–H groups in total. The van der Waals surface area contributed by atoms with Crippen LogP contribution in [-0.2, 0) is 11.2 Å². The molecule has 0 spiro atoms. The van der Waals surface area contributed by atoms with Crippen LogP contribution < -0.4 is 0 Å². The summed E-state index contributed by atoms with van der Waals surface area (Å²) in [6.45, 7) is 0. The van der Waals surface area contributed by atoms with Crippen LogP contribution in [0.2, 0.25) is 0 Å². The minimum atomic E-state index is -3.46. The SMILES string of the molecule is [2H]c1c([2H])c([2H])c(C([2H])([2H])C([2H])([2H])C(=O)O)c([2H])c1[2H]. The van der Waals surface area contributed by atoms with Crippen LogP contribution >= 0.6 is 0 Å². The quantitative estimate of drug-likeness (QED) is 0.729. The first-order valence-corrected chi connectivity index (χ1v) is 2.68. The van der Waals surface area contributed by atoms with E-state index >= 15 is 0 Å². The number of carbonyl (C=O) groups is 1. The van der Waals surface area contributed by atoms with Gasteiger partial charge in [0.15, 0.2) is 0 Å². The molecule has 0 aliphatic carbocycles. The second-order valence-electron chi connectivity index (χ2n) is 1.56. The number of carboxylic acid groups (broad SMARTS) is 1. The van der Waals surface area contributed by atoms with Gasteiger partial charge in [-0.05, 0) is 11.9 Å². The molecular weight excluding hydrogens is 140 g/mol. The number of carboxylic acids is 1. The summed E-state index contributed by atoms with van der Waals surface area (Å²) in [7, 11) is 0. The molecule has 2 nitrogen and oxygen atoms in total. The molecule has 0 bridgehead atoms. The monoisotopic (exact) mass is 159 g/mol. The lowest BCUT2D eigenvalue weighted by molar-refractivity contribution is -0.136. The van der Waals surface area contributed by atoms with Crippen molar-refractivity contribution in [3.05, 3.63) is 35.8 Å². The van der Waals surface area contributed by atoms with Crippen molar-refractivity contribution in [2.24, 2.45) is 0 Å². The highest BCUT2D eigenvalue weighted by molar-refractivity contribution is 5.67. The summed E-state index contributed by atoms with van der Waals surface area (Å²) in [4.78, 5) is 10.8. The molecule has 11 heavy (non-hydrogen) atoms. The summed E-state index contributed by atoms with van der Waals surface area (Å²) >= 11 is 0. The van der Waals surface area contributed by atoms with Crippen LogP contribution in [0.5, 0.6) is 0 Å². The molecule has 0 amide bonds. The molecule has 0 aliphatic rings. The first-order valence-electron chi connectivity index (χ1n) is 7.18. The molecule has 1 aromatic carbocycles. The fraction of sp³-hybridized carbons (Fsp3) is 0.222. The van der Waals surface area contributed by atoms with Crippen LogP contribution in [0.25, 0.3) is 0 Å². The smallest absolute Gasteiger partial charge is 0.303 e. The Bertz CT molecular complexity index is 552. The van der Waals surface area contributed by atoms with Crippen LogP contribution in [0.3, 0.4) is 0 Å². The molecule has 58 valence electrons. The number of aliphatic carboxylic acids is 1. The maximum Gasteiger partial charge on any atom is 0.303 e. The van der Waals surface area contributed by atoms with Gasteiger partial charge in [-0.3, -0.25) is 4.79 Å². The third-order valence-electron chi connectivity index (χ3n) is 0.794. The Hall–Kier alpha value is -1.31. The topological polar surface area (TPSA) is 37.3 Å². The van der Waals surface area contributed by atoms with E-state index in [1.165, 1.54) is 0 Å². The van der Waals surface area contributed by atoms with Crippen LogP contribution in [0.15, 0.2) is 30.2 Å². The van der Waals surface area contributed by atoms with Crippen molar-refractivity contribution in [2.75, 3.05) is 0 Å². The first-order chi connectivity index (χ1) is 8.87. The molecular formula is C9H10O2. The molecule has 0 radical (unpaired) electrons. The predicted octanol–water partition coefficient (Wildman–Crippen LogP) is 1.70. The van der Waals surface area contributed by atoms with Gasteiger partial charge in [-0.1, -0.05) is 30.2 Å². The first kappa shape index (κ1) is 2.09. The summed E-state index contributed by atoms with van der Waals surface area (Å²) in [6.07, 6.45) is -6.76. The van der Waals surface area contributed by atoms with Crippen molar-refractivity contribution >= 4 is 5.97 Å². The second-order valence-corrected chi connectivity index (χ2v) is 1.56. The second kappa shape index (κ2) is 3.76. The highest BCUT2D eigenvalue weighted by Gasteiger charge is 1.96. The summed E-state index contributed by atoms with van der Waals surface area (Å²) in [5.74, 6) is -2.13. The fourth-order valence-corrected chi connectivity index (χ4v) is 0.428. The van der Waals surface area contributed by atoms with E-state index in [9.17, 15) is 4.79 Å². The van der Waals surface area contributed by atoms with Gasteiger partial charge in [-0.2, -0.15) is 0 Å². The van der Waals surface area contributed by atoms with Gasteiger partial charge in [0.2, 0.25) is 0 Å². The van der Waals surface area contributed by atoms with Gasteiger partial charge in [-0.15, -0.1) is 0 Å². The van der Waals surface area contributed by atoms with E-state index in [1.807, 2.05) is 0 Å². The fourth-order valence-electron chi connectivity index (χ4n) is 0.428. The van der Waals surface area contributed by atoms with Crippen LogP contribution in [0.4, 0.5) is 0 Å². The van der Waals surface area contributed by atoms with Gasteiger partial charge < -0.3 is 5.11 Å². The summed E-state index contributed by atoms with van der Waals surface area (Å²) < 4.78 is 66.9. The molecule has 0 saturated carbocycles. The lowest BCUT2D eigenvalue weighted by Crippen LogP contribution is -1.96. The predicted molar refractivity (Wildman–Crippen MR) is 42.4 cm³/mol. The number of hydrogen-bond acceptors (Lipinski definition) is 1. The Morgan fingerprint density at radius 1 is 1.55 bits per heavy atom. The Kier molecular flexibility index (Phi) is 0.716. The minimum Gasteiger partial charge on any atom is -0.481 e. The zero-order valence-electron chi connectivity index (χ0n) is 14.4. The van der Waals surface area contributed by atoms with Crippen molar-refractivity contribution < 1.29 is 22.2 Å². The normalized spacial score (nSPS) is 23.8. The highest BCUT2D eigenvalue weighted by atomic mass is 16.4. The molecule has 0 atom stereocenters. The Balaban J connectivity index is 3.76. The number of rotatable bonds is 3. The third kappa shape index (κ3) is 2.85. The van der Waals surface area contributed by atoms with E-state index in [2.05, 4.69) is 0 Å². The van der Waals surface area contributed by atoms with Crippen molar-refractivity contribution in [1.29, 1.82) is 0 Å². The standard InChI is InChI=1S/C9H10O2/c10-9(11)7-6-8-4-2-1-3-5-8/h1-5H,6-7H2,(H,10,11)/i1D,2D,3D,4D,5D,6D2,7D2. The third-order valence-corrected chi connectivity index (χ3v) is 0.794. The molecule has 1 aromatic rings. The Labute approximate surface area is 78.1 Å². The molecule has 0 saturated heterocycles. The molecule has 0 aromatic heterocycles. The number of hydrogen-bond donors (Lipinski definition) is 1. The van der Waals surface area contributed by atoms with Crippen LogP contribution in [-0.4, -0.2) is 11.1 Å². The molecule has 0 unspecified atom stereocenters. The van der Waals surface area contributed by atoms with Crippen LogP contribution in [0, 0.1) is 0 Å². The average Bonchev–Trinajstić information content (AvgIpc) is 2.33. The lowest BCUT2D eigenvalue weighted by Gasteiger charge is -1.95. The van der Waals surface area contributed by atoms with Gasteiger partial charge in [0.1, 0.15) is 0 Å². The highest BCUT2D eigenvalue weighted by Crippen LogP contribution is 2.01. The lowest BCUT2D eigenvalue weighted by atomic mass is 10.1. The van der Waals surface area contributed by atoms with E-state index < -0.39 is 54.5 Å². The van der Waals surface area contributed by atoms with Gasteiger partial charge in [-0.25, -0.2) is 0 Å². The van der Waals surface area contributed by atoms with E-state index in [0.717, 1.165) is 0 Å². The maximum absolute atomic E-state index is 10.8. The molecule has 2 heteroatoms. The number of benzene rings is 1. The van der Waals surface area contributed by atoms with Gasteiger partial charge in [0.05, 0.1) is 6.85 Å². The van der Waals surface area contributed by atoms with Gasteiger partial charge >= 0.3 is 5.97 Å². The van der Waals surface area contributed by atoms with Crippen LogP contribution in [0.1, 0.15) is 24.3 Å². The van der Waals surface area contributed by atoms with E-state index in [4.69, 9.17) is 17.4 Å². The van der Waals surface area contributed by atoms with E-state index in [0.29, 0.717) is 0 Å². The molecule has 1 rings (SSSR count). The summed E-state index contributed by atoms with van der Waals surface area (Å²) in [5, 5.41) is 8.74. The zero-order chi connectivity index (χ0) is 16.0. The van der Waals surface area contributed by atoms with Crippen molar-refractivity contribution in [3.63, 3.8) is 0 Å². The van der Waals surface area contributed by atoms with Crippen molar-refractivity contribution in [3.8, 4) is 0 Å². The molecule has 0 fully saturated rings. The van der Waals surface area contributed by atoms with Crippen molar-refractivity contribution in [2.45, 2.75) is 12.7 Å². The molecule has 0 aliphatic heterocycles. The maximum atomic E-state index is 10.8. The van der Waals surface area contributed by atoms with Gasteiger partial charge in [0, 0.05) is 11.9 Å². The zero-order valence-corrected chi connectivity index (χ0v) is 5.36. The molecule has 0 heterocycles. The van der Waals surface area contributed by atoms with Crippen molar-refractivity contribution in [1.82, 2.24) is 0 Å². The summed E-state index contributed by atoms with van der Waals surface area (Å²) in [6, 6.07) is -4.41. The van der Waals surface area contributed by atoms with E-state index in [-0.39, 0.29) is 0 Å². The van der Waals surface area contributed by atoms with Gasteiger partial charge in [0.25, 0.3) is 0 Å². The minimum absolute atomic E-state index is 0.768. The summed E-state index contributed by atoms with van der Waals surface area (Å²) in [5.41, 5.74) is -1.02.